The molecule has 1 amide bonds. The molecule has 1 aliphatic heterocycles. The molecule has 1 unspecified atom stereocenters. The number of rotatable bonds is 7. The second kappa shape index (κ2) is 9.57. The monoisotopic (exact) mass is 302 g/mol. The molecule has 7 nitrogen and oxygen atoms in total. The van der Waals surface area contributed by atoms with E-state index in [2.05, 4.69) is 4.90 Å². The Morgan fingerprint density at radius 1 is 1.10 bits per heavy atom. The molecule has 0 spiro atoms. The average molecular weight is 302 g/mol. The zero-order valence-corrected chi connectivity index (χ0v) is 13.2. The molecule has 1 saturated heterocycles. The molecular weight excluding hydrogens is 276 g/mol. The fourth-order valence-electron chi connectivity index (χ4n) is 2.22. The first-order valence-corrected chi connectivity index (χ1v) is 7.45. The van der Waals surface area contributed by atoms with Gasteiger partial charge in [0.1, 0.15) is 6.10 Å². The standard InChI is InChI=1S/C14H26N2O5/c1-4-19-11-13(21-12(3)17)10-15-6-8-16(9-7-15)14(18)20-5-2/h13H,4-11H2,1-3H3. The lowest BCUT2D eigenvalue weighted by molar-refractivity contribution is -0.150. The van der Waals surface area contributed by atoms with Crippen molar-refractivity contribution in [3.63, 3.8) is 0 Å². The van der Waals surface area contributed by atoms with Gasteiger partial charge in [0.05, 0.1) is 13.2 Å². The van der Waals surface area contributed by atoms with E-state index < -0.39 is 0 Å². The third-order valence-electron chi connectivity index (χ3n) is 3.20. The summed E-state index contributed by atoms with van der Waals surface area (Å²) in [6.45, 7) is 9.83. The smallest absolute Gasteiger partial charge is 0.409 e. The predicted molar refractivity (Wildman–Crippen MR) is 77.1 cm³/mol. The Bertz CT molecular complexity index is 329. The van der Waals surface area contributed by atoms with Gasteiger partial charge >= 0.3 is 12.1 Å². The highest BCUT2D eigenvalue weighted by atomic mass is 16.6. The van der Waals surface area contributed by atoms with Crippen molar-refractivity contribution in [1.82, 2.24) is 9.80 Å². The van der Waals surface area contributed by atoms with Crippen LogP contribution in [0.15, 0.2) is 0 Å². The number of amides is 1. The van der Waals surface area contributed by atoms with Crippen LogP contribution in [-0.4, -0.2) is 80.5 Å². The Morgan fingerprint density at radius 2 is 1.76 bits per heavy atom. The highest BCUT2D eigenvalue weighted by molar-refractivity contribution is 5.67. The number of piperazine rings is 1. The quantitative estimate of drug-likeness (QED) is 0.646. The summed E-state index contributed by atoms with van der Waals surface area (Å²) in [7, 11) is 0. The Labute approximate surface area is 126 Å². The van der Waals surface area contributed by atoms with Gasteiger partial charge in [-0.2, -0.15) is 0 Å². The van der Waals surface area contributed by atoms with Gasteiger partial charge in [0.25, 0.3) is 0 Å². The zero-order chi connectivity index (χ0) is 15.7. The van der Waals surface area contributed by atoms with E-state index in [1.807, 2.05) is 6.92 Å². The molecule has 1 aliphatic rings. The molecule has 1 heterocycles. The predicted octanol–water partition coefficient (Wildman–Crippen LogP) is 0.729. The van der Waals surface area contributed by atoms with Gasteiger partial charge in [-0.15, -0.1) is 0 Å². The number of hydrogen-bond acceptors (Lipinski definition) is 6. The lowest BCUT2D eigenvalue weighted by Gasteiger charge is -2.35. The molecular formula is C14H26N2O5. The van der Waals surface area contributed by atoms with Crippen molar-refractivity contribution in [2.24, 2.45) is 0 Å². The molecule has 0 aliphatic carbocycles. The summed E-state index contributed by atoms with van der Waals surface area (Å²) in [6.07, 6.45) is -0.528. The normalized spacial score (nSPS) is 17.4. The van der Waals surface area contributed by atoms with Crippen molar-refractivity contribution in [2.45, 2.75) is 26.9 Å². The van der Waals surface area contributed by atoms with Crippen molar-refractivity contribution in [1.29, 1.82) is 0 Å². The van der Waals surface area contributed by atoms with Crippen LogP contribution < -0.4 is 0 Å². The summed E-state index contributed by atoms with van der Waals surface area (Å²) in [5.74, 6) is -0.301. The van der Waals surface area contributed by atoms with Gasteiger partial charge in [-0.25, -0.2) is 4.79 Å². The first-order valence-electron chi connectivity index (χ1n) is 7.45. The van der Waals surface area contributed by atoms with Crippen LogP contribution in [0, 0.1) is 0 Å². The molecule has 0 N–H and O–H groups in total. The molecule has 0 aromatic rings. The minimum atomic E-state index is -0.301. The van der Waals surface area contributed by atoms with Gasteiger partial charge in [-0.3, -0.25) is 9.69 Å². The molecule has 1 fully saturated rings. The SMILES string of the molecule is CCOCC(CN1CCN(C(=O)OCC)CC1)OC(C)=O. The summed E-state index contributed by atoms with van der Waals surface area (Å²) in [6, 6.07) is 0. The number of carbonyl (C=O) groups is 2. The van der Waals surface area contributed by atoms with Crippen LogP contribution in [-0.2, 0) is 19.0 Å². The zero-order valence-electron chi connectivity index (χ0n) is 13.2. The van der Waals surface area contributed by atoms with Crippen LogP contribution in [0.2, 0.25) is 0 Å². The number of esters is 1. The van der Waals surface area contributed by atoms with Crippen molar-refractivity contribution in [2.75, 3.05) is 52.5 Å². The Hall–Kier alpha value is -1.34. The van der Waals surface area contributed by atoms with Gasteiger partial charge in [0.15, 0.2) is 0 Å². The Balaban J connectivity index is 2.37. The fraction of sp³-hybridized carbons (Fsp3) is 0.857. The lowest BCUT2D eigenvalue weighted by atomic mass is 10.2. The fourth-order valence-corrected chi connectivity index (χ4v) is 2.22. The van der Waals surface area contributed by atoms with E-state index in [1.54, 1.807) is 11.8 Å². The number of carbonyl (C=O) groups excluding carboxylic acids is 2. The summed E-state index contributed by atoms with van der Waals surface area (Å²) >= 11 is 0. The summed E-state index contributed by atoms with van der Waals surface area (Å²) in [5.41, 5.74) is 0. The molecule has 0 saturated carbocycles. The van der Waals surface area contributed by atoms with E-state index in [9.17, 15) is 9.59 Å². The number of nitrogens with zero attached hydrogens (tertiary/aromatic N) is 2. The van der Waals surface area contributed by atoms with Crippen LogP contribution in [0.1, 0.15) is 20.8 Å². The molecule has 0 aromatic carbocycles. The molecule has 0 radical (unpaired) electrons. The van der Waals surface area contributed by atoms with E-state index in [1.165, 1.54) is 6.92 Å². The number of hydrogen-bond donors (Lipinski definition) is 0. The summed E-state index contributed by atoms with van der Waals surface area (Å²) < 4.78 is 15.6. The van der Waals surface area contributed by atoms with Gasteiger partial charge in [0, 0.05) is 46.3 Å². The first-order chi connectivity index (χ1) is 10.1. The van der Waals surface area contributed by atoms with Crippen LogP contribution in [0.5, 0.6) is 0 Å². The van der Waals surface area contributed by atoms with Crippen LogP contribution in [0.25, 0.3) is 0 Å². The second-order valence-corrected chi connectivity index (χ2v) is 4.88. The lowest BCUT2D eigenvalue weighted by Crippen LogP contribution is -2.51. The van der Waals surface area contributed by atoms with Gasteiger partial charge in [-0.05, 0) is 13.8 Å². The molecule has 1 rings (SSSR count). The van der Waals surface area contributed by atoms with Crippen molar-refractivity contribution >= 4 is 12.1 Å². The van der Waals surface area contributed by atoms with E-state index in [-0.39, 0.29) is 18.2 Å². The highest BCUT2D eigenvalue weighted by Gasteiger charge is 2.24. The largest absolute Gasteiger partial charge is 0.459 e. The van der Waals surface area contributed by atoms with Crippen molar-refractivity contribution in [3.05, 3.63) is 0 Å². The third kappa shape index (κ3) is 6.77. The maximum Gasteiger partial charge on any atom is 0.409 e. The number of ether oxygens (including phenoxy) is 3. The third-order valence-corrected chi connectivity index (χ3v) is 3.20. The maximum absolute atomic E-state index is 11.6. The molecule has 0 aromatic heterocycles. The van der Waals surface area contributed by atoms with Gasteiger partial charge in [0.2, 0.25) is 0 Å². The summed E-state index contributed by atoms with van der Waals surface area (Å²) in [4.78, 5) is 26.6. The molecule has 122 valence electrons. The Morgan fingerprint density at radius 3 is 2.29 bits per heavy atom. The second-order valence-electron chi connectivity index (χ2n) is 4.88. The topological polar surface area (TPSA) is 68.3 Å². The summed E-state index contributed by atoms with van der Waals surface area (Å²) in [5, 5.41) is 0. The molecule has 7 heteroatoms. The van der Waals surface area contributed by atoms with Gasteiger partial charge in [-0.1, -0.05) is 0 Å². The minimum Gasteiger partial charge on any atom is -0.459 e. The van der Waals surface area contributed by atoms with Gasteiger partial charge < -0.3 is 19.1 Å². The molecule has 1 atom stereocenters. The maximum atomic E-state index is 11.6. The van der Waals surface area contributed by atoms with E-state index in [0.717, 1.165) is 13.1 Å². The molecule has 0 bridgehead atoms. The van der Waals surface area contributed by atoms with Crippen molar-refractivity contribution < 1.29 is 23.8 Å². The van der Waals surface area contributed by atoms with Crippen LogP contribution in [0.3, 0.4) is 0 Å². The van der Waals surface area contributed by atoms with Crippen LogP contribution in [0.4, 0.5) is 4.79 Å². The van der Waals surface area contributed by atoms with E-state index >= 15 is 0 Å². The van der Waals surface area contributed by atoms with E-state index in [0.29, 0.717) is 39.5 Å². The molecule has 21 heavy (non-hydrogen) atoms. The average Bonchev–Trinajstić information content (AvgIpc) is 2.45. The highest BCUT2D eigenvalue weighted by Crippen LogP contribution is 2.07. The Kier molecular flexibility index (Phi) is 8.07. The van der Waals surface area contributed by atoms with Crippen LogP contribution >= 0.6 is 0 Å². The minimum absolute atomic E-state index is 0.261. The van der Waals surface area contributed by atoms with Crippen molar-refractivity contribution in [3.8, 4) is 0 Å². The van der Waals surface area contributed by atoms with E-state index in [4.69, 9.17) is 14.2 Å². The first kappa shape index (κ1) is 17.7.